The standard InChI is InChI=1S/C16H26IN3O/c1-10-7-6-8-16(9-10,21-5)14-19-12(15(2,3)4)11(17)13(18)20-14/h10H,6-9H2,1-5H3,(H2,18,19,20). The second-order valence-electron chi connectivity index (χ2n) is 7.24. The summed E-state index contributed by atoms with van der Waals surface area (Å²) in [6.07, 6.45) is 4.33. The molecular weight excluding hydrogens is 377 g/mol. The Hall–Kier alpha value is -0.430. The molecule has 4 nitrogen and oxygen atoms in total. The molecule has 0 saturated heterocycles. The van der Waals surface area contributed by atoms with Gasteiger partial charge in [0.25, 0.3) is 0 Å². The van der Waals surface area contributed by atoms with E-state index in [0.29, 0.717) is 11.7 Å². The number of anilines is 1. The van der Waals surface area contributed by atoms with Crippen LogP contribution in [0.5, 0.6) is 0 Å². The Kier molecular flexibility index (Phi) is 4.83. The number of nitrogens with two attached hydrogens (primary N) is 1. The van der Waals surface area contributed by atoms with Crippen molar-refractivity contribution in [1.82, 2.24) is 9.97 Å². The van der Waals surface area contributed by atoms with E-state index in [2.05, 4.69) is 55.3 Å². The molecule has 0 aromatic carbocycles. The van der Waals surface area contributed by atoms with Gasteiger partial charge in [0.1, 0.15) is 11.4 Å². The van der Waals surface area contributed by atoms with Crippen molar-refractivity contribution in [1.29, 1.82) is 0 Å². The predicted molar refractivity (Wildman–Crippen MR) is 94.2 cm³/mol. The Morgan fingerprint density at radius 1 is 1.33 bits per heavy atom. The smallest absolute Gasteiger partial charge is 0.162 e. The van der Waals surface area contributed by atoms with Crippen LogP contribution < -0.4 is 5.73 Å². The summed E-state index contributed by atoms with van der Waals surface area (Å²) in [5.41, 5.74) is 6.74. The quantitative estimate of drug-likeness (QED) is 0.758. The van der Waals surface area contributed by atoms with Crippen molar-refractivity contribution in [3.05, 3.63) is 15.1 Å². The van der Waals surface area contributed by atoms with Gasteiger partial charge >= 0.3 is 0 Å². The molecule has 2 rings (SSSR count). The summed E-state index contributed by atoms with van der Waals surface area (Å²) < 4.78 is 6.87. The molecule has 0 aliphatic heterocycles. The van der Waals surface area contributed by atoms with Crippen LogP contribution in [0.4, 0.5) is 5.82 Å². The largest absolute Gasteiger partial charge is 0.383 e. The third kappa shape index (κ3) is 3.33. The Morgan fingerprint density at radius 2 is 2.00 bits per heavy atom. The van der Waals surface area contributed by atoms with Gasteiger partial charge in [0.05, 0.1) is 9.26 Å². The van der Waals surface area contributed by atoms with E-state index in [1.54, 1.807) is 7.11 Å². The van der Waals surface area contributed by atoms with Gasteiger partial charge in [0, 0.05) is 12.5 Å². The molecule has 1 aliphatic carbocycles. The van der Waals surface area contributed by atoms with E-state index in [1.165, 1.54) is 6.42 Å². The number of ether oxygens (including phenoxy) is 1. The zero-order valence-corrected chi connectivity index (χ0v) is 15.8. The van der Waals surface area contributed by atoms with E-state index in [-0.39, 0.29) is 11.0 Å². The van der Waals surface area contributed by atoms with Gasteiger partial charge in [0.2, 0.25) is 0 Å². The van der Waals surface area contributed by atoms with Crippen molar-refractivity contribution < 1.29 is 4.74 Å². The molecule has 21 heavy (non-hydrogen) atoms. The second kappa shape index (κ2) is 5.99. The highest BCUT2D eigenvalue weighted by atomic mass is 127. The van der Waals surface area contributed by atoms with Crippen molar-refractivity contribution in [2.45, 2.75) is 64.4 Å². The number of nitrogen functional groups attached to an aromatic ring is 1. The molecule has 1 aromatic rings. The summed E-state index contributed by atoms with van der Waals surface area (Å²) in [7, 11) is 1.77. The molecule has 1 saturated carbocycles. The van der Waals surface area contributed by atoms with Crippen molar-refractivity contribution >= 4 is 28.4 Å². The monoisotopic (exact) mass is 403 g/mol. The fourth-order valence-electron chi connectivity index (χ4n) is 3.15. The molecule has 2 atom stereocenters. The highest BCUT2D eigenvalue weighted by Crippen LogP contribution is 2.42. The van der Waals surface area contributed by atoms with Gasteiger partial charge in [-0.3, -0.25) is 0 Å². The molecule has 1 aliphatic rings. The van der Waals surface area contributed by atoms with Gasteiger partial charge in [-0.05, 0) is 47.8 Å². The molecule has 2 unspecified atom stereocenters. The van der Waals surface area contributed by atoms with Crippen LogP contribution in [-0.4, -0.2) is 17.1 Å². The van der Waals surface area contributed by atoms with Crippen LogP contribution in [0.15, 0.2) is 0 Å². The molecule has 0 bridgehead atoms. The van der Waals surface area contributed by atoms with Gasteiger partial charge in [-0.2, -0.15) is 0 Å². The molecule has 118 valence electrons. The number of halogens is 1. The number of rotatable bonds is 2. The lowest BCUT2D eigenvalue weighted by molar-refractivity contribution is -0.0647. The van der Waals surface area contributed by atoms with E-state index in [0.717, 1.165) is 34.4 Å². The first-order valence-corrected chi connectivity index (χ1v) is 8.66. The van der Waals surface area contributed by atoms with Gasteiger partial charge < -0.3 is 10.5 Å². The Morgan fingerprint density at radius 3 is 2.52 bits per heavy atom. The minimum absolute atomic E-state index is 0.0580. The summed E-state index contributed by atoms with van der Waals surface area (Å²) in [6.45, 7) is 8.74. The van der Waals surface area contributed by atoms with Gasteiger partial charge in [-0.15, -0.1) is 0 Å². The third-order valence-electron chi connectivity index (χ3n) is 4.34. The van der Waals surface area contributed by atoms with E-state index in [1.807, 2.05) is 0 Å². The highest BCUT2D eigenvalue weighted by molar-refractivity contribution is 14.1. The lowest BCUT2D eigenvalue weighted by Crippen LogP contribution is -2.37. The first kappa shape index (κ1) is 16.9. The first-order valence-electron chi connectivity index (χ1n) is 7.59. The van der Waals surface area contributed by atoms with Crippen LogP contribution in [-0.2, 0) is 15.8 Å². The fourth-order valence-corrected chi connectivity index (χ4v) is 4.20. The van der Waals surface area contributed by atoms with Crippen molar-refractivity contribution in [2.24, 2.45) is 5.92 Å². The van der Waals surface area contributed by atoms with Crippen LogP contribution in [0.2, 0.25) is 0 Å². The average molecular weight is 403 g/mol. The van der Waals surface area contributed by atoms with Crippen molar-refractivity contribution in [3.63, 3.8) is 0 Å². The fraction of sp³-hybridized carbons (Fsp3) is 0.750. The van der Waals surface area contributed by atoms with Crippen LogP contribution in [0, 0.1) is 9.49 Å². The Labute approximate surface area is 141 Å². The summed E-state index contributed by atoms with van der Waals surface area (Å²) in [4.78, 5) is 9.46. The maximum absolute atomic E-state index is 6.16. The molecule has 1 fully saturated rings. The first-order chi connectivity index (χ1) is 9.69. The minimum atomic E-state index is -0.379. The third-order valence-corrected chi connectivity index (χ3v) is 5.40. The van der Waals surface area contributed by atoms with Gasteiger partial charge in [0.15, 0.2) is 5.82 Å². The Balaban J connectivity index is 2.55. The topological polar surface area (TPSA) is 61.0 Å². The lowest BCUT2D eigenvalue weighted by Gasteiger charge is -2.38. The average Bonchev–Trinajstić information content (AvgIpc) is 2.40. The second-order valence-corrected chi connectivity index (χ2v) is 8.32. The molecule has 0 spiro atoms. The van der Waals surface area contributed by atoms with E-state index < -0.39 is 0 Å². The summed E-state index contributed by atoms with van der Waals surface area (Å²) in [5, 5.41) is 0. The molecule has 0 amide bonds. The summed E-state index contributed by atoms with van der Waals surface area (Å²) in [5.74, 6) is 1.96. The maximum atomic E-state index is 6.16. The lowest BCUT2D eigenvalue weighted by atomic mass is 9.78. The number of methoxy groups -OCH3 is 1. The Bertz CT molecular complexity index is 527. The predicted octanol–water partition coefficient (Wildman–Crippen LogP) is 4.01. The molecule has 2 N–H and O–H groups in total. The number of hydrogen-bond donors (Lipinski definition) is 1. The molecule has 5 heteroatoms. The van der Waals surface area contributed by atoms with Crippen LogP contribution in [0.25, 0.3) is 0 Å². The van der Waals surface area contributed by atoms with Crippen molar-refractivity contribution in [3.8, 4) is 0 Å². The zero-order chi connectivity index (χ0) is 15.8. The summed E-state index contributed by atoms with van der Waals surface area (Å²) >= 11 is 2.25. The molecule has 1 aromatic heterocycles. The van der Waals surface area contributed by atoms with Gasteiger partial charge in [-0.25, -0.2) is 9.97 Å². The molecule has 1 heterocycles. The van der Waals surface area contributed by atoms with Crippen LogP contribution in [0.1, 0.15) is 64.9 Å². The van der Waals surface area contributed by atoms with Gasteiger partial charge in [-0.1, -0.05) is 34.1 Å². The van der Waals surface area contributed by atoms with Crippen LogP contribution >= 0.6 is 22.6 Å². The van der Waals surface area contributed by atoms with E-state index in [4.69, 9.17) is 15.5 Å². The molecule has 0 radical (unpaired) electrons. The number of nitrogens with zero attached hydrogens (tertiary/aromatic N) is 2. The zero-order valence-electron chi connectivity index (χ0n) is 13.7. The maximum Gasteiger partial charge on any atom is 0.162 e. The highest BCUT2D eigenvalue weighted by Gasteiger charge is 2.40. The van der Waals surface area contributed by atoms with E-state index in [9.17, 15) is 0 Å². The SMILES string of the molecule is COC1(c2nc(N)c(I)c(C(C)(C)C)n2)CCCC(C)C1. The minimum Gasteiger partial charge on any atom is -0.383 e. The molecular formula is C16H26IN3O. The summed E-state index contributed by atoms with van der Waals surface area (Å²) in [6, 6.07) is 0. The van der Waals surface area contributed by atoms with E-state index >= 15 is 0 Å². The number of aromatic nitrogens is 2. The van der Waals surface area contributed by atoms with Crippen molar-refractivity contribution in [2.75, 3.05) is 12.8 Å². The van der Waals surface area contributed by atoms with Crippen LogP contribution in [0.3, 0.4) is 0 Å². The normalized spacial score (nSPS) is 26.9. The number of hydrogen-bond acceptors (Lipinski definition) is 4.